The van der Waals surface area contributed by atoms with Gasteiger partial charge in [-0.05, 0) is 37.6 Å². The number of hydrogen-bond donors (Lipinski definition) is 0. The first-order chi connectivity index (χ1) is 9.66. The van der Waals surface area contributed by atoms with Crippen LogP contribution in [0.4, 0.5) is 0 Å². The molecule has 2 saturated heterocycles. The van der Waals surface area contributed by atoms with Gasteiger partial charge in [-0.25, -0.2) is 0 Å². The van der Waals surface area contributed by atoms with Crippen molar-refractivity contribution in [3.05, 3.63) is 22.4 Å². The summed E-state index contributed by atoms with van der Waals surface area (Å²) in [6, 6.07) is 1.88. The molecule has 0 aromatic carbocycles. The maximum atomic E-state index is 12.5. The van der Waals surface area contributed by atoms with E-state index in [2.05, 4.69) is 0 Å². The van der Waals surface area contributed by atoms with Gasteiger partial charge in [-0.1, -0.05) is 0 Å². The summed E-state index contributed by atoms with van der Waals surface area (Å²) >= 11 is 1.55. The lowest BCUT2D eigenvalue weighted by Crippen LogP contribution is -2.57. The van der Waals surface area contributed by atoms with Crippen LogP contribution in [0.15, 0.2) is 16.8 Å². The molecule has 2 fully saturated rings. The summed E-state index contributed by atoms with van der Waals surface area (Å²) < 4.78 is 0. The summed E-state index contributed by atoms with van der Waals surface area (Å²) in [5.74, 6) is 0.359. The van der Waals surface area contributed by atoms with Gasteiger partial charge in [-0.15, -0.1) is 0 Å². The molecule has 5 heteroatoms. The highest BCUT2D eigenvalue weighted by Crippen LogP contribution is 2.38. The SMILES string of the molecule is CCN1C(=O)CCC12CCCN(C(=O)c1ccsc1)C2. The van der Waals surface area contributed by atoms with E-state index in [4.69, 9.17) is 0 Å². The number of hydrogen-bond acceptors (Lipinski definition) is 3. The van der Waals surface area contributed by atoms with E-state index in [-0.39, 0.29) is 17.4 Å². The molecule has 2 amide bonds. The van der Waals surface area contributed by atoms with Crippen LogP contribution in [0.3, 0.4) is 0 Å². The van der Waals surface area contributed by atoms with E-state index in [9.17, 15) is 9.59 Å². The van der Waals surface area contributed by atoms with Crippen LogP contribution in [0.5, 0.6) is 0 Å². The minimum atomic E-state index is -0.101. The van der Waals surface area contributed by atoms with Gasteiger partial charge in [0.15, 0.2) is 0 Å². The van der Waals surface area contributed by atoms with Crippen molar-refractivity contribution < 1.29 is 9.59 Å². The molecule has 3 rings (SSSR count). The van der Waals surface area contributed by atoms with Crippen molar-refractivity contribution in [3.8, 4) is 0 Å². The summed E-state index contributed by atoms with van der Waals surface area (Å²) in [5.41, 5.74) is 0.676. The molecule has 4 nitrogen and oxygen atoms in total. The molecule has 3 heterocycles. The Morgan fingerprint density at radius 1 is 1.45 bits per heavy atom. The van der Waals surface area contributed by atoms with E-state index < -0.39 is 0 Å². The molecule has 1 spiro atoms. The third kappa shape index (κ3) is 2.14. The molecule has 0 N–H and O–H groups in total. The van der Waals surface area contributed by atoms with Gasteiger partial charge in [0, 0.05) is 31.4 Å². The van der Waals surface area contributed by atoms with Crippen molar-refractivity contribution >= 4 is 23.2 Å². The minimum Gasteiger partial charge on any atom is -0.336 e. The van der Waals surface area contributed by atoms with E-state index in [0.717, 1.165) is 37.9 Å². The summed E-state index contributed by atoms with van der Waals surface area (Å²) in [4.78, 5) is 28.5. The Hall–Kier alpha value is -1.36. The Labute approximate surface area is 123 Å². The van der Waals surface area contributed by atoms with Crippen molar-refractivity contribution in [1.29, 1.82) is 0 Å². The first kappa shape index (κ1) is 13.6. The normalized spacial score (nSPS) is 26.6. The molecule has 0 bridgehead atoms. The van der Waals surface area contributed by atoms with Crippen LogP contribution in [-0.2, 0) is 4.79 Å². The second-order valence-electron chi connectivity index (χ2n) is 5.70. The average molecular weight is 292 g/mol. The zero-order valence-electron chi connectivity index (χ0n) is 11.8. The van der Waals surface area contributed by atoms with E-state index in [1.54, 1.807) is 11.3 Å². The predicted molar refractivity (Wildman–Crippen MR) is 78.8 cm³/mol. The number of likely N-dealkylation sites (N-methyl/N-ethyl adjacent to an activating group) is 1. The number of piperidine rings is 1. The van der Waals surface area contributed by atoms with Crippen LogP contribution < -0.4 is 0 Å². The molecule has 20 heavy (non-hydrogen) atoms. The predicted octanol–water partition coefficient (Wildman–Crippen LogP) is 2.37. The van der Waals surface area contributed by atoms with Gasteiger partial charge in [-0.2, -0.15) is 11.3 Å². The van der Waals surface area contributed by atoms with Crippen molar-refractivity contribution in [2.24, 2.45) is 0 Å². The first-order valence-electron chi connectivity index (χ1n) is 7.28. The quantitative estimate of drug-likeness (QED) is 0.839. The lowest BCUT2D eigenvalue weighted by atomic mass is 9.86. The van der Waals surface area contributed by atoms with Crippen LogP contribution in [0.2, 0.25) is 0 Å². The zero-order chi connectivity index (χ0) is 14.2. The zero-order valence-corrected chi connectivity index (χ0v) is 12.6. The lowest BCUT2D eigenvalue weighted by Gasteiger charge is -2.45. The lowest BCUT2D eigenvalue weighted by molar-refractivity contribution is -0.132. The molecule has 0 aliphatic carbocycles. The molecule has 0 saturated carbocycles. The molecule has 2 aliphatic heterocycles. The van der Waals surface area contributed by atoms with Crippen LogP contribution >= 0.6 is 11.3 Å². The molecule has 0 radical (unpaired) electrons. The largest absolute Gasteiger partial charge is 0.336 e. The number of rotatable bonds is 2. The van der Waals surface area contributed by atoms with E-state index in [1.165, 1.54) is 0 Å². The van der Waals surface area contributed by atoms with Crippen LogP contribution in [0.1, 0.15) is 43.0 Å². The Morgan fingerprint density at radius 3 is 3.00 bits per heavy atom. The molecular weight excluding hydrogens is 272 g/mol. The molecule has 1 unspecified atom stereocenters. The van der Waals surface area contributed by atoms with Crippen LogP contribution in [0.25, 0.3) is 0 Å². The van der Waals surface area contributed by atoms with Gasteiger partial charge >= 0.3 is 0 Å². The van der Waals surface area contributed by atoms with Crippen LogP contribution in [0, 0.1) is 0 Å². The average Bonchev–Trinajstić information content (AvgIpc) is 3.08. The Balaban J connectivity index is 1.80. The summed E-state index contributed by atoms with van der Waals surface area (Å²) in [6.45, 7) is 4.29. The fourth-order valence-electron chi connectivity index (χ4n) is 3.66. The smallest absolute Gasteiger partial charge is 0.254 e. The molecule has 1 aromatic heterocycles. The van der Waals surface area contributed by atoms with Gasteiger partial charge in [0.2, 0.25) is 5.91 Å². The van der Waals surface area contributed by atoms with Gasteiger partial charge in [0.05, 0.1) is 11.1 Å². The highest BCUT2D eigenvalue weighted by molar-refractivity contribution is 7.08. The molecular formula is C15H20N2O2S. The van der Waals surface area contributed by atoms with Crippen molar-refractivity contribution in [3.63, 3.8) is 0 Å². The number of likely N-dealkylation sites (tertiary alicyclic amines) is 2. The maximum Gasteiger partial charge on any atom is 0.254 e. The maximum absolute atomic E-state index is 12.5. The number of carbonyl (C=O) groups excluding carboxylic acids is 2. The van der Waals surface area contributed by atoms with E-state index >= 15 is 0 Å². The Bertz CT molecular complexity index is 514. The third-order valence-corrected chi connectivity index (χ3v) is 5.29. The second-order valence-corrected chi connectivity index (χ2v) is 6.48. The number of carbonyl (C=O) groups is 2. The van der Waals surface area contributed by atoms with Gasteiger partial charge in [-0.3, -0.25) is 9.59 Å². The van der Waals surface area contributed by atoms with Crippen LogP contribution in [-0.4, -0.2) is 46.8 Å². The number of nitrogens with zero attached hydrogens (tertiary/aromatic N) is 2. The van der Waals surface area contributed by atoms with Gasteiger partial charge in [0.1, 0.15) is 0 Å². The fraction of sp³-hybridized carbons (Fsp3) is 0.600. The Morgan fingerprint density at radius 2 is 2.30 bits per heavy atom. The van der Waals surface area contributed by atoms with Crippen molar-refractivity contribution in [1.82, 2.24) is 9.80 Å². The second kappa shape index (κ2) is 5.20. The molecule has 108 valence electrons. The topological polar surface area (TPSA) is 40.6 Å². The molecule has 1 aromatic rings. The van der Waals surface area contributed by atoms with E-state index in [0.29, 0.717) is 13.0 Å². The van der Waals surface area contributed by atoms with Gasteiger partial charge in [0.25, 0.3) is 5.91 Å². The standard InChI is InChI=1S/C15H20N2O2S/c1-2-17-13(18)4-7-15(17)6-3-8-16(11-15)14(19)12-5-9-20-10-12/h5,9-10H,2-4,6-8,11H2,1H3. The highest BCUT2D eigenvalue weighted by Gasteiger charge is 2.47. The Kier molecular flexibility index (Phi) is 3.54. The number of thiophene rings is 1. The molecule has 1 atom stereocenters. The van der Waals surface area contributed by atoms with Gasteiger partial charge < -0.3 is 9.80 Å². The monoisotopic (exact) mass is 292 g/mol. The molecule has 2 aliphatic rings. The number of amides is 2. The first-order valence-corrected chi connectivity index (χ1v) is 8.22. The summed E-state index contributed by atoms with van der Waals surface area (Å²) in [5, 5.41) is 3.84. The summed E-state index contributed by atoms with van der Waals surface area (Å²) in [7, 11) is 0. The van der Waals surface area contributed by atoms with Crippen molar-refractivity contribution in [2.45, 2.75) is 38.1 Å². The third-order valence-electron chi connectivity index (χ3n) is 4.60. The minimum absolute atomic E-state index is 0.101. The summed E-state index contributed by atoms with van der Waals surface area (Å²) in [6.07, 6.45) is 3.54. The van der Waals surface area contributed by atoms with Crippen molar-refractivity contribution in [2.75, 3.05) is 19.6 Å². The van der Waals surface area contributed by atoms with E-state index in [1.807, 2.05) is 33.6 Å². The fourth-order valence-corrected chi connectivity index (χ4v) is 4.29. The highest BCUT2D eigenvalue weighted by atomic mass is 32.1.